The van der Waals surface area contributed by atoms with Crippen molar-refractivity contribution in [2.75, 3.05) is 34.4 Å². The summed E-state index contributed by atoms with van der Waals surface area (Å²) in [7, 11) is 5.65. The summed E-state index contributed by atoms with van der Waals surface area (Å²) in [4.78, 5) is 2.08. The molecule has 0 fully saturated rings. The molecule has 18 heavy (non-hydrogen) atoms. The summed E-state index contributed by atoms with van der Waals surface area (Å²) in [6.07, 6.45) is 0. The van der Waals surface area contributed by atoms with Crippen LogP contribution in [0.5, 0.6) is 11.5 Å². The van der Waals surface area contributed by atoms with E-state index in [1.54, 1.807) is 7.11 Å². The predicted octanol–water partition coefficient (Wildman–Crippen LogP) is 1.66. The van der Waals surface area contributed by atoms with Crippen LogP contribution in [-0.2, 0) is 0 Å². The molecule has 0 saturated carbocycles. The number of nitrogens with zero attached hydrogens (tertiary/aromatic N) is 1. The number of hydrogen-bond acceptors (Lipinski definition) is 4. The molecule has 0 radical (unpaired) electrons. The Hall–Kier alpha value is -1.26. The van der Waals surface area contributed by atoms with Gasteiger partial charge in [-0.25, -0.2) is 0 Å². The molecule has 0 amide bonds. The molecule has 4 heteroatoms. The first-order valence-electron chi connectivity index (χ1n) is 6.08. The Morgan fingerprint density at radius 3 is 2.44 bits per heavy atom. The van der Waals surface area contributed by atoms with Gasteiger partial charge in [-0.15, -0.1) is 0 Å². The van der Waals surface area contributed by atoms with Crippen LogP contribution in [0.15, 0.2) is 18.2 Å². The van der Waals surface area contributed by atoms with Gasteiger partial charge in [0.1, 0.15) is 6.61 Å². The third-order valence-electron chi connectivity index (χ3n) is 3.38. The summed E-state index contributed by atoms with van der Waals surface area (Å²) >= 11 is 0. The molecule has 0 spiro atoms. The third kappa shape index (κ3) is 3.37. The van der Waals surface area contributed by atoms with Gasteiger partial charge in [-0.1, -0.05) is 6.07 Å². The van der Waals surface area contributed by atoms with E-state index < -0.39 is 0 Å². The quantitative estimate of drug-likeness (QED) is 0.836. The van der Waals surface area contributed by atoms with E-state index in [1.807, 2.05) is 39.2 Å². The number of hydrogen-bond donors (Lipinski definition) is 1. The van der Waals surface area contributed by atoms with Crippen LogP contribution in [0.4, 0.5) is 0 Å². The monoisotopic (exact) mass is 252 g/mol. The van der Waals surface area contributed by atoms with E-state index in [1.165, 1.54) is 0 Å². The van der Waals surface area contributed by atoms with Gasteiger partial charge in [0.2, 0.25) is 0 Å². The van der Waals surface area contributed by atoms with E-state index in [2.05, 4.69) is 11.8 Å². The third-order valence-corrected chi connectivity index (χ3v) is 3.38. The second-order valence-electron chi connectivity index (χ2n) is 5.04. The Balaban J connectivity index is 2.80. The largest absolute Gasteiger partial charge is 0.493 e. The lowest BCUT2D eigenvalue weighted by atomic mass is 10.0. The molecular weight excluding hydrogens is 228 g/mol. The number of likely N-dealkylation sites (N-methyl/N-ethyl adjacent to an activating group) is 1. The highest BCUT2D eigenvalue weighted by atomic mass is 16.5. The topological polar surface area (TPSA) is 47.7 Å². The Bertz CT molecular complexity index is 393. The Labute approximate surface area is 110 Å². The number of nitrogens with two attached hydrogens (primary N) is 1. The maximum Gasteiger partial charge on any atom is 0.161 e. The zero-order valence-corrected chi connectivity index (χ0v) is 12.0. The highest BCUT2D eigenvalue weighted by Gasteiger charge is 2.26. The van der Waals surface area contributed by atoms with Gasteiger partial charge in [0, 0.05) is 6.54 Å². The lowest BCUT2D eigenvalue weighted by Gasteiger charge is -2.35. The Morgan fingerprint density at radius 2 is 1.94 bits per heavy atom. The van der Waals surface area contributed by atoms with Crippen LogP contribution in [0.25, 0.3) is 0 Å². The van der Waals surface area contributed by atoms with Crippen LogP contribution >= 0.6 is 0 Å². The summed E-state index contributed by atoms with van der Waals surface area (Å²) < 4.78 is 11.2. The summed E-state index contributed by atoms with van der Waals surface area (Å²) in [6.45, 7) is 5.16. The van der Waals surface area contributed by atoms with Crippen molar-refractivity contribution in [1.82, 2.24) is 4.90 Å². The number of ether oxygens (including phenoxy) is 2. The fourth-order valence-corrected chi connectivity index (χ4v) is 1.50. The first-order valence-corrected chi connectivity index (χ1v) is 6.08. The second-order valence-corrected chi connectivity index (χ2v) is 5.04. The van der Waals surface area contributed by atoms with Gasteiger partial charge < -0.3 is 15.2 Å². The smallest absolute Gasteiger partial charge is 0.161 e. The summed E-state index contributed by atoms with van der Waals surface area (Å²) in [5.74, 6) is 1.51. The molecule has 1 rings (SSSR count). The Morgan fingerprint density at radius 1 is 1.28 bits per heavy atom. The zero-order chi connectivity index (χ0) is 13.8. The van der Waals surface area contributed by atoms with Crippen LogP contribution < -0.4 is 15.2 Å². The second kappa shape index (κ2) is 6.07. The van der Waals surface area contributed by atoms with Crippen LogP contribution in [0.2, 0.25) is 0 Å². The maximum absolute atomic E-state index is 5.85. The molecule has 0 aliphatic carbocycles. The van der Waals surface area contributed by atoms with Crippen molar-refractivity contribution in [3.05, 3.63) is 23.8 Å². The van der Waals surface area contributed by atoms with Crippen LogP contribution in [0.1, 0.15) is 12.5 Å². The highest BCUT2D eigenvalue weighted by molar-refractivity contribution is 5.42. The molecule has 0 aromatic heterocycles. The van der Waals surface area contributed by atoms with E-state index in [-0.39, 0.29) is 5.54 Å². The lowest BCUT2D eigenvalue weighted by Crippen LogP contribution is -2.52. The average molecular weight is 252 g/mol. The fraction of sp³-hybridized carbons (Fsp3) is 0.571. The van der Waals surface area contributed by atoms with Crippen LogP contribution in [0, 0.1) is 6.92 Å². The molecule has 2 N–H and O–H groups in total. The predicted molar refractivity (Wildman–Crippen MR) is 74.4 cm³/mol. The number of rotatable bonds is 6. The maximum atomic E-state index is 5.85. The molecule has 102 valence electrons. The summed E-state index contributed by atoms with van der Waals surface area (Å²) in [6, 6.07) is 5.90. The van der Waals surface area contributed by atoms with Crippen molar-refractivity contribution in [2.45, 2.75) is 19.4 Å². The summed E-state index contributed by atoms with van der Waals surface area (Å²) in [5.41, 5.74) is 6.78. The summed E-state index contributed by atoms with van der Waals surface area (Å²) in [5, 5.41) is 0. The molecule has 1 unspecified atom stereocenters. The fourth-order valence-electron chi connectivity index (χ4n) is 1.50. The van der Waals surface area contributed by atoms with Crippen molar-refractivity contribution in [1.29, 1.82) is 0 Å². The molecule has 0 saturated heterocycles. The van der Waals surface area contributed by atoms with Gasteiger partial charge in [-0.3, -0.25) is 4.90 Å². The van der Waals surface area contributed by atoms with Crippen molar-refractivity contribution >= 4 is 0 Å². The molecule has 1 aromatic rings. The van der Waals surface area contributed by atoms with E-state index in [9.17, 15) is 0 Å². The normalized spacial score (nSPS) is 14.4. The van der Waals surface area contributed by atoms with Crippen LogP contribution in [-0.4, -0.2) is 44.8 Å². The first-order chi connectivity index (χ1) is 8.42. The van der Waals surface area contributed by atoms with Crippen LogP contribution in [0.3, 0.4) is 0 Å². The average Bonchev–Trinajstić information content (AvgIpc) is 2.36. The van der Waals surface area contributed by atoms with Gasteiger partial charge in [-0.2, -0.15) is 0 Å². The number of benzene rings is 1. The molecule has 1 atom stereocenters. The molecule has 1 aromatic carbocycles. The van der Waals surface area contributed by atoms with E-state index in [0.29, 0.717) is 13.2 Å². The van der Waals surface area contributed by atoms with Gasteiger partial charge in [0.15, 0.2) is 11.5 Å². The number of methoxy groups -OCH3 is 1. The lowest BCUT2D eigenvalue weighted by molar-refractivity contribution is 0.102. The SMILES string of the molecule is COc1cc(C)ccc1OCC(C)(CN)N(C)C. The minimum Gasteiger partial charge on any atom is -0.493 e. The number of aryl methyl sites for hydroxylation is 1. The molecular formula is C14H24N2O2. The van der Waals surface area contributed by atoms with E-state index in [0.717, 1.165) is 17.1 Å². The van der Waals surface area contributed by atoms with Gasteiger partial charge in [0.05, 0.1) is 12.6 Å². The van der Waals surface area contributed by atoms with Gasteiger partial charge in [-0.05, 0) is 45.6 Å². The molecule has 0 aliphatic heterocycles. The first kappa shape index (κ1) is 14.8. The van der Waals surface area contributed by atoms with Crippen molar-refractivity contribution in [2.24, 2.45) is 5.73 Å². The molecule has 4 nitrogen and oxygen atoms in total. The van der Waals surface area contributed by atoms with Crippen molar-refractivity contribution in [3.63, 3.8) is 0 Å². The standard InChI is InChI=1S/C14H24N2O2/c1-11-6-7-12(13(8-11)17-5)18-10-14(2,9-15)16(3)4/h6-8H,9-10,15H2,1-5H3. The molecule has 0 heterocycles. The van der Waals surface area contributed by atoms with E-state index >= 15 is 0 Å². The highest BCUT2D eigenvalue weighted by Crippen LogP contribution is 2.28. The minimum absolute atomic E-state index is 0.185. The van der Waals surface area contributed by atoms with Crippen molar-refractivity contribution < 1.29 is 9.47 Å². The molecule has 0 bridgehead atoms. The van der Waals surface area contributed by atoms with Gasteiger partial charge in [0.25, 0.3) is 0 Å². The van der Waals surface area contributed by atoms with Gasteiger partial charge >= 0.3 is 0 Å². The van der Waals surface area contributed by atoms with Crippen molar-refractivity contribution in [3.8, 4) is 11.5 Å². The minimum atomic E-state index is -0.185. The van der Waals surface area contributed by atoms with E-state index in [4.69, 9.17) is 15.2 Å². The molecule has 0 aliphatic rings. The Kier molecular flexibility index (Phi) is 4.99. The zero-order valence-electron chi connectivity index (χ0n) is 12.0.